The third kappa shape index (κ3) is 8.29. The van der Waals surface area contributed by atoms with Gasteiger partial charge in [0.2, 0.25) is 0 Å². The first-order chi connectivity index (χ1) is 21.4. The molecule has 234 valence electrons. The Morgan fingerprint density at radius 3 is 2.09 bits per heavy atom. The van der Waals surface area contributed by atoms with Crippen LogP contribution >= 0.6 is 0 Å². The zero-order valence-electron chi connectivity index (χ0n) is 26.6. The minimum Gasteiger partial charge on any atom is -0.507 e. The number of aryl methyl sites for hydroxylation is 1. The monoisotopic (exact) mass is 598 g/mol. The van der Waals surface area contributed by atoms with Crippen molar-refractivity contribution in [1.29, 1.82) is 0 Å². The number of Topliss-reactive ketones (excluding diaryl/α,β-unsaturated/α-hetero) is 1. The molecule has 7 heteroatoms. The number of aliphatic hydroxyl groups excluding tert-OH is 1. The molecule has 4 rings (SSSR count). The number of hydrogen-bond acceptors (Lipinski definition) is 6. The first kappa shape index (κ1) is 32.8. The molecule has 1 N–H and O–H groups in total. The van der Waals surface area contributed by atoms with Gasteiger partial charge >= 0.3 is 0 Å². The lowest BCUT2D eigenvalue weighted by molar-refractivity contribution is -0.140. The van der Waals surface area contributed by atoms with Crippen molar-refractivity contribution in [2.75, 3.05) is 32.8 Å². The number of ketones is 1. The van der Waals surface area contributed by atoms with Gasteiger partial charge in [0.05, 0.1) is 18.2 Å². The fraction of sp³-hybridized carbons (Fsp3) is 0.405. The third-order valence-electron chi connectivity index (χ3n) is 8.17. The molecule has 1 amide bonds. The summed E-state index contributed by atoms with van der Waals surface area (Å²) in [5, 5.41) is 11.5. The van der Waals surface area contributed by atoms with E-state index in [9.17, 15) is 14.7 Å². The van der Waals surface area contributed by atoms with Crippen molar-refractivity contribution in [2.24, 2.45) is 0 Å². The average Bonchev–Trinajstić information content (AvgIpc) is 3.30. The second-order valence-corrected chi connectivity index (χ2v) is 11.3. The van der Waals surface area contributed by atoms with Crippen LogP contribution in [-0.4, -0.2) is 59.4 Å². The second-order valence-electron chi connectivity index (χ2n) is 11.3. The summed E-state index contributed by atoms with van der Waals surface area (Å²) in [5.41, 5.74) is 3.56. The summed E-state index contributed by atoms with van der Waals surface area (Å²) in [6.07, 6.45) is 3.94. The topological polar surface area (TPSA) is 79.3 Å². The van der Waals surface area contributed by atoms with E-state index in [1.54, 1.807) is 29.2 Å². The summed E-state index contributed by atoms with van der Waals surface area (Å²) in [7, 11) is 0. The summed E-state index contributed by atoms with van der Waals surface area (Å²) in [6.45, 7) is 12.5. The van der Waals surface area contributed by atoms with E-state index in [2.05, 4.69) is 25.7 Å². The smallest absolute Gasteiger partial charge is 0.295 e. The predicted molar refractivity (Wildman–Crippen MR) is 175 cm³/mol. The van der Waals surface area contributed by atoms with Crippen LogP contribution in [0.5, 0.6) is 11.5 Å². The lowest BCUT2D eigenvalue weighted by atomic mass is 9.95. The van der Waals surface area contributed by atoms with Crippen LogP contribution in [0, 0.1) is 6.92 Å². The van der Waals surface area contributed by atoms with Crippen LogP contribution in [0.4, 0.5) is 0 Å². The van der Waals surface area contributed by atoms with Gasteiger partial charge in [0.1, 0.15) is 23.9 Å². The first-order valence-electron chi connectivity index (χ1n) is 15.9. The first-order valence-corrected chi connectivity index (χ1v) is 15.9. The standard InChI is InChI=1S/C37H46N2O5/c1-5-8-9-25-43-31-19-15-29(16-20-31)34-33(36(41)37(42)39(34)24-10-23-38(6-2)7-3)35(40)30-17-21-32(22-18-30)44-26-28-13-11-27(4)12-14-28/h11-22,34,40H,5-10,23-26H2,1-4H3/t34-/m1/s1. The highest BCUT2D eigenvalue weighted by atomic mass is 16.5. The molecule has 0 radical (unpaired) electrons. The summed E-state index contributed by atoms with van der Waals surface area (Å²) in [6, 6.07) is 21.9. The Morgan fingerprint density at radius 2 is 1.45 bits per heavy atom. The Balaban J connectivity index is 1.58. The molecule has 1 saturated heterocycles. The van der Waals surface area contributed by atoms with Crippen LogP contribution in [0.1, 0.15) is 74.8 Å². The second kappa shape index (κ2) is 16.1. The lowest BCUT2D eigenvalue weighted by Crippen LogP contribution is -2.33. The lowest BCUT2D eigenvalue weighted by Gasteiger charge is -2.27. The summed E-state index contributed by atoms with van der Waals surface area (Å²) < 4.78 is 11.8. The number of ether oxygens (including phenoxy) is 2. The molecule has 0 saturated carbocycles. The number of carbonyl (C=O) groups is 2. The van der Waals surface area contributed by atoms with Crippen LogP contribution in [0.3, 0.4) is 0 Å². The van der Waals surface area contributed by atoms with Gasteiger partial charge in [0, 0.05) is 12.1 Å². The predicted octanol–water partition coefficient (Wildman–Crippen LogP) is 7.30. The van der Waals surface area contributed by atoms with Gasteiger partial charge in [-0.05, 0) is 86.9 Å². The molecule has 1 heterocycles. The minimum absolute atomic E-state index is 0.0998. The number of unbranched alkanes of at least 4 members (excludes halogenated alkanes) is 2. The number of amides is 1. The summed E-state index contributed by atoms with van der Waals surface area (Å²) in [5.74, 6) is -0.0665. The third-order valence-corrected chi connectivity index (χ3v) is 8.17. The molecular formula is C37H46N2O5. The average molecular weight is 599 g/mol. The number of aliphatic hydroxyl groups is 1. The minimum atomic E-state index is -0.696. The molecule has 3 aromatic carbocycles. The van der Waals surface area contributed by atoms with E-state index in [-0.39, 0.29) is 11.3 Å². The number of carbonyl (C=O) groups excluding carboxylic acids is 2. The highest BCUT2D eigenvalue weighted by molar-refractivity contribution is 6.46. The fourth-order valence-electron chi connectivity index (χ4n) is 5.47. The fourth-order valence-corrected chi connectivity index (χ4v) is 5.47. The van der Waals surface area contributed by atoms with Gasteiger partial charge in [0.25, 0.3) is 11.7 Å². The van der Waals surface area contributed by atoms with E-state index < -0.39 is 17.7 Å². The molecule has 0 spiro atoms. The molecule has 1 aliphatic heterocycles. The van der Waals surface area contributed by atoms with E-state index in [4.69, 9.17) is 9.47 Å². The van der Waals surface area contributed by atoms with Crippen LogP contribution < -0.4 is 9.47 Å². The van der Waals surface area contributed by atoms with E-state index in [0.29, 0.717) is 31.1 Å². The van der Waals surface area contributed by atoms with Crippen LogP contribution in [0.25, 0.3) is 5.76 Å². The Kier molecular flexibility index (Phi) is 12.0. The Labute approximate surface area is 262 Å². The van der Waals surface area contributed by atoms with E-state index in [0.717, 1.165) is 62.2 Å². The van der Waals surface area contributed by atoms with Crippen molar-refractivity contribution in [3.05, 3.63) is 101 Å². The zero-order valence-corrected chi connectivity index (χ0v) is 26.6. The number of likely N-dealkylation sites (tertiary alicyclic amines) is 1. The highest BCUT2D eigenvalue weighted by Gasteiger charge is 2.45. The molecule has 1 atom stereocenters. The van der Waals surface area contributed by atoms with Gasteiger partial charge in [-0.1, -0.05) is 75.6 Å². The molecule has 1 fully saturated rings. The van der Waals surface area contributed by atoms with Crippen molar-refractivity contribution in [1.82, 2.24) is 9.80 Å². The van der Waals surface area contributed by atoms with Gasteiger partial charge < -0.3 is 24.4 Å². The Bertz CT molecular complexity index is 1390. The van der Waals surface area contributed by atoms with E-state index in [1.165, 1.54) is 5.56 Å². The molecule has 7 nitrogen and oxygen atoms in total. The SMILES string of the molecule is CCCCCOc1ccc([C@@H]2C(=C(O)c3ccc(OCc4ccc(C)cc4)cc3)C(=O)C(=O)N2CCCN(CC)CC)cc1. The summed E-state index contributed by atoms with van der Waals surface area (Å²) >= 11 is 0. The van der Waals surface area contributed by atoms with Crippen molar-refractivity contribution in [2.45, 2.75) is 66.0 Å². The zero-order chi connectivity index (χ0) is 31.5. The van der Waals surface area contributed by atoms with Gasteiger partial charge in [-0.3, -0.25) is 9.59 Å². The summed E-state index contributed by atoms with van der Waals surface area (Å²) in [4.78, 5) is 30.8. The quantitative estimate of drug-likeness (QED) is 0.0807. The van der Waals surface area contributed by atoms with Gasteiger partial charge in [-0.25, -0.2) is 0 Å². The van der Waals surface area contributed by atoms with Crippen molar-refractivity contribution in [3.63, 3.8) is 0 Å². The normalized spacial score (nSPS) is 16.1. The molecule has 0 bridgehead atoms. The Morgan fingerprint density at radius 1 is 0.818 bits per heavy atom. The maximum atomic E-state index is 13.5. The highest BCUT2D eigenvalue weighted by Crippen LogP contribution is 2.40. The number of rotatable bonds is 16. The van der Waals surface area contributed by atoms with Crippen molar-refractivity contribution >= 4 is 17.4 Å². The molecule has 0 aromatic heterocycles. The van der Waals surface area contributed by atoms with E-state index in [1.807, 2.05) is 55.5 Å². The number of benzene rings is 3. The van der Waals surface area contributed by atoms with Crippen LogP contribution in [0.15, 0.2) is 78.4 Å². The van der Waals surface area contributed by atoms with E-state index >= 15 is 0 Å². The maximum absolute atomic E-state index is 13.5. The van der Waals surface area contributed by atoms with Gasteiger partial charge in [-0.15, -0.1) is 0 Å². The number of nitrogens with zero attached hydrogens (tertiary/aromatic N) is 2. The van der Waals surface area contributed by atoms with Crippen molar-refractivity contribution < 1.29 is 24.2 Å². The molecule has 0 aliphatic carbocycles. The number of hydrogen-bond donors (Lipinski definition) is 1. The molecule has 0 unspecified atom stereocenters. The van der Waals surface area contributed by atoms with Gasteiger partial charge in [0.15, 0.2) is 0 Å². The Hall–Kier alpha value is -4.10. The maximum Gasteiger partial charge on any atom is 0.295 e. The van der Waals surface area contributed by atoms with Crippen molar-refractivity contribution in [3.8, 4) is 11.5 Å². The molecule has 3 aromatic rings. The van der Waals surface area contributed by atoms with Crippen LogP contribution in [-0.2, 0) is 16.2 Å². The molecule has 1 aliphatic rings. The van der Waals surface area contributed by atoms with Gasteiger partial charge in [-0.2, -0.15) is 0 Å². The molecular weight excluding hydrogens is 552 g/mol. The molecule has 44 heavy (non-hydrogen) atoms. The largest absolute Gasteiger partial charge is 0.507 e. The van der Waals surface area contributed by atoms with Crippen LogP contribution in [0.2, 0.25) is 0 Å².